The van der Waals surface area contributed by atoms with Gasteiger partial charge in [0.05, 0.1) is 6.42 Å². The van der Waals surface area contributed by atoms with E-state index in [4.69, 9.17) is 0 Å². The Bertz CT molecular complexity index is 550. The zero-order chi connectivity index (χ0) is 11.9. The molecule has 0 atom stereocenters. The highest BCUT2D eigenvalue weighted by atomic mass is 16.1. The van der Waals surface area contributed by atoms with Crippen LogP contribution >= 0.6 is 0 Å². The van der Waals surface area contributed by atoms with Crippen LogP contribution in [0.25, 0.3) is 0 Å². The highest BCUT2D eigenvalue weighted by Gasteiger charge is 2.01. The lowest BCUT2D eigenvalue weighted by Gasteiger charge is -1.94. The molecule has 2 aromatic rings. The van der Waals surface area contributed by atoms with Crippen LogP contribution in [0.3, 0.4) is 0 Å². The first-order valence-electron chi connectivity index (χ1n) is 5.33. The van der Waals surface area contributed by atoms with Crippen molar-refractivity contribution in [2.24, 2.45) is 0 Å². The molecule has 0 saturated carbocycles. The molecule has 0 amide bonds. The Hall–Kier alpha value is -2.40. The molecule has 82 valence electrons. The highest BCUT2D eigenvalue weighted by molar-refractivity contribution is 5.97. The van der Waals surface area contributed by atoms with Crippen molar-refractivity contribution >= 4 is 5.78 Å². The van der Waals surface area contributed by atoms with Crippen LogP contribution in [0.5, 0.6) is 0 Å². The summed E-state index contributed by atoms with van der Waals surface area (Å²) >= 11 is 0. The van der Waals surface area contributed by atoms with E-state index in [0.29, 0.717) is 5.56 Å². The quantitative estimate of drug-likeness (QED) is 0.576. The van der Waals surface area contributed by atoms with Crippen molar-refractivity contribution in [2.45, 2.75) is 6.42 Å². The predicted octanol–water partition coefficient (Wildman–Crippen LogP) is 2.71. The summed E-state index contributed by atoms with van der Waals surface area (Å²) < 4.78 is 0. The topological polar surface area (TPSA) is 30.0 Å². The number of carbonyl (C=O) groups is 1. The lowest BCUT2D eigenvalue weighted by Crippen LogP contribution is -1.96. The fraction of sp³-hybridized carbons (Fsp3) is 0.0667. The molecule has 0 aliphatic carbocycles. The Morgan fingerprint density at radius 2 is 1.94 bits per heavy atom. The van der Waals surface area contributed by atoms with Gasteiger partial charge in [0, 0.05) is 23.5 Å². The second-order valence-electron chi connectivity index (χ2n) is 3.51. The summed E-state index contributed by atoms with van der Waals surface area (Å²) in [6.45, 7) is 0. The molecule has 2 rings (SSSR count). The molecule has 0 saturated heterocycles. The smallest absolute Gasteiger partial charge is 0.174 e. The number of nitrogens with zero attached hydrogens (tertiary/aromatic N) is 1. The molecule has 0 spiro atoms. The van der Waals surface area contributed by atoms with Crippen molar-refractivity contribution in [1.29, 1.82) is 0 Å². The van der Waals surface area contributed by atoms with Gasteiger partial charge in [0.25, 0.3) is 0 Å². The average Bonchev–Trinajstić information content (AvgIpc) is 2.41. The molecule has 0 aliphatic rings. The molecule has 0 bridgehead atoms. The van der Waals surface area contributed by atoms with E-state index in [1.54, 1.807) is 24.5 Å². The second-order valence-corrected chi connectivity index (χ2v) is 3.51. The number of benzene rings is 1. The maximum atomic E-state index is 11.7. The highest BCUT2D eigenvalue weighted by Crippen LogP contribution is 2.02. The molecule has 0 unspecified atom stereocenters. The van der Waals surface area contributed by atoms with Crippen LogP contribution in [-0.2, 0) is 0 Å². The van der Waals surface area contributed by atoms with Crippen LogP contribution in [0.1, 0.15) is 22.3 Å². The summed E-state index contributed by atoms with van der Waals surface area (Å²) in [5, 5.41) is 0. The van der Waals surface area contributed by atoms with Gasteiger partial charge >= 0.3 is 0 Å². The molecule has 0 aliphatic heterocycles. The first-order chi connectivity index (χ1) is 8.36. The van der Waals surface area contributed by atoms with Gasteiger partial charge in [-0.3, -0.25) is 9.78 Å². The van der Waals surface area contributed by atoms with E-state index in [1.807, 2.05) is 30.3 Å². The minimum atomic E-state index is 0.0435. The van der Waals surface area contributed by atoms with E-state index in [9.17, 15) is 4.79 Å². The third kappa shape index (κ3) is 3.29. The SMILES string of the molecule is O=C(CC#Cc1cccnc1)c1ccccc1. The minimum absolute atomic E-state index is 0.0435. The molecule has 17 heavy (non-hydrogen) atoms. The number of pyridine rings is 1. The molecule has 1 heterocycles. The van der Waals surface area contributed by atoms with E-state index in [-0.39, 0.29) is 12.2 Å². The zero-order valence-corrected chi connectivity index (χ0v) is 9.26. The summed E-state index contributed by atoms with van der Waals surface area (Å²) in [6.07, 6.45) is 3.61. The van der Waals surface area contributed by atoms with Crippen molar-refractivity contribution in [3.63, 3.8) is 0 Å². The maximum absolute atomic E-state index is 11.7. The first-order valence-corrected chi connectivity index (χ1v) is 5.33. The lowest BCUT2D eigenvalue weighted by molar-refractivity contribution is 0.0998. The number of carbonyl (C=O) groups excluding carboxylic acids is 1. The largest absolute Gasteiger partial charge is 0.293 e. The van der Waals surface area contributed by atoms with Gasteiger partial charge in [-0.1, -0.05) is 42.2 Å². The molecular weight excluding hydrogens is 210 g/mol. The van der Waals surface area contributed by atoms with Crippen molar-refractivity contribution in [1.82, 2.24) is 4.98 Å². The normalized spacial score (nSPS) is 9.18. The fourth-order valence-electron chi connectivity index (χ4n) is 1.39. The van der Waals surface area contributed by atoms with Crippen LogP contribution in [0.15, 0.2) is 54.9 Å². The molecule has 1 aromatic carbocycles. The number of aromatic nitrogens is 1. The Morgan fingerprint density at radius 3 is 2.65 bits per heavy atom. The van der Waals surface area contributed by atoms with Crippen LogP contribution < -0.4 is 0 Å². The Labute approximate surface area is 100 Å². The zero-order valence-electron chi connectivity index (χ0n) is 9.26. The standard InChI is InChI=1S/C15H11NO/c17-15(14-8-2-1-3-9-14)10-4-6-13-7-5-11-16-12-13/h1-3,5,7-9,11-12H,10H2. The van der Waals surface area contributed by atoms with Gasteiger partial charge in [-0.25, -0.2) is 0 Å². The van der Waals surface area contributed by atoms with Crippen LogP contribution in [0.4, 0.5) is 0 Å². The van der Waals surface area contributed by atoms with Gasteiger partial charge in [-0.05, 0) is 12.1 Å². The third-order valence-corrected chi connectivity index (χ3v) is 2.24. The van der Waals surface area contributed by atoms with Crippen molar-refractivity contribution in [3.05, 3.63) is 66.0 Å². The van der Waals surface area contributed by atoms with Gasteiger partial charge in [0.1, 0.15) is 0 Å². The van der Waals surface area contributed by atoms with E-state index in [0.717, 1.165) is 5.56 Å². The summed E-state index contributed by atoms with van der Waals surface area (Å²) in [6, 6.07) is 12.9. The van der Waals surface area contributed by atoms with Gasteiger partial charge in [-0.2, -0.15) is 0 Å². The van der Waals surface area contributed by atoms with Crippen LogP contribution in [0, 0.1) is 11.8 Å². The molecule has 1 aromatic heterocycles. The third-order valence-electron chi connectivity index (χ3n) is 2.24. The number of hydrogen-bond acceptors (Lipinski definition) is 2. The Kier molecular flexibility index (Phi) is 3.67. The van der Waals surface area contributed by atoms with Gasteiger partial charge < -0.3 is 0 Å². The van der Waals surface area contributed by atoms with Crippen molar-refractivity contribution < 1.29 is 4.79 Å². The molecule has 2 heteroatoms. The summed E-state index contributed by atoms with van der Waals surface area (Å²) in [5.74, 6) is 5.82. The van der Waals surface area contributed by atoms with E-state index < -0.39 is 0 Å². The van der Waals surface area contributed by atoms with Gasteiger partial charge in [-0.15, -0.1) is 0 Å². The first kappa shape index (κ1) is 11.1. The maximum Gasteiger partial charge on any atom is 0.174 e. The Morgan fingerprint density at radius 1 is 1.12 bits per heavy atom. The summed E-state index contributed by atoms with van der Waals surface area (Å²) in [5.41, 5.74) is 1.53. The summed E-state index contributed by atoms with van der Waals surface area (Å²) in [4.78, 5) is 15.7. The molecular formula is C15H11NO. The van der Waals surface area contributed by atoms with Crippen LogP contribution in [0.2, 0.25) is 0 Å². The number of ketones is 1. The number of hydrogen-bond donors (Lipinski definition) is 0. The van der Waals surface area contributed by atoms with E-state index in [2.05, 4.69) is 16.8 Å². The molecule has 0 N–H and O–H groups in total. The predicted molar refractivity (Wildman–Crippen MR) is 66.5 cm³/mol. The average molecular weight is 221 g/mol. The number of Topliss-reactive ketones (excluding diaryl/α,β-unsaturated/α-hetero) is 1. The van der Waals surface area contributed by atoms with Gasteiger partial charge in [0.15, 0.2) is 5.78 Å². The number of rotatable bonds is 2. The molecule has 0 fully saturated rings. The van der Waals surface area contributed by atoms with E-state index in [1.165, 1.54) is 0 Å². The van der Waals surface area contributed by atoms with Crippen molar-refractivity contribution in [2.75, 3.05) is 0 Å². The van der Waals surface area contributed by atoms with Crippen molar-refractivity contribution in [3.8, 4) is 11.8 Å². The lowest BCUT2D eigenvalue weighted by atomic mass is 10.1. The van der Waals surface area contributed by atoms with E-state index >= 15 is 0 Å². The Balaban J connectivity index is 2.00. The molecule has 2 nitrogen and oxygen atoms in total. The van der Waals surface area contributed by atoms with Gasteiger partial charge in [0.2, 0.25) is 0 Å². The molecule has 0 radical (unpaired) electrons. The monoisotopic (exact) mass is 221 g/mol. The summed E-state index contributed by atoms with van der Waals surface area (Å²) in [7, 11) is 0. The fourth-order valence-corrected chi connectivity index (χ4v) is 1.39. The minimum Gasteiger partial charge on any atom is -0.293 e. The second kappa shape index (κ2) is 5.62. The van der Waals surface area contributed by atoms with Crippen LogP contribution in [-0.4, -0.2) is 10.8 Å².